The molecule has 0 aliphatic rings. The minimum absolute atomic E-state index is 0.0793. The first-order chi connectivity index (χ1) is 5.61. The third-order valence-electron chi connectivity index (χ3n) is 1.33. The van der Waals surface area contributed by atoms with Gasteiger partial charge in [-0.25, -0.2) is 13.2 Å². The first-order valence-electron chi connectivity index (χ1n) is 3.09. The van der Waals surface area contributed by atoms with Crippen molar-refractivity contribution in [2.24, 2.45) is 0 Å². The number of carboxylic acid groups (broad SMARTS) is 1. The Labute approximate surface area is 70.4 Å². The number of rotatable bonds is 2. The molecule has 0 aliphatic heterocycles. The Balaban J connectivity index is 3.09. The van der Waals surface area contributed by atoms with Gasteiger partial charge in [-0.3, -0.25) is 0 Å². The van der Waals surface area contributed by atoms with E-state index in [1.807, 2.05) is 0 Å². The van der Waals surface area contributed by atoms with E-state index in [0.717, 1.165) is 0 Å². The Hall–Kier alpha value is -1.36. The molecule has 0 unspecified atom stereocenters. The number of benzene rings is 1. The van der Waals surface area contributed by atoms with Gasteiger partial charge in [0.25, 0.3) is 0 Å². The van der Waals surface area contributed by atoms with Crippen molar-refractivity contribution in [2.45, 2.75) is 4.90 Å². The van der Waals surface area contributed by atoms with E-state index in [-0.39, 0.29) is 10.5 Å². The summed E-state index contributed by atoms with van der Waals surface area (Å²) in [7, 11) is -2.62. The zero-order chi connectivity index (χ0) is 9.14. The number of carboxylic acids is 1. The fourth-order valence-corrected chi connectivity index (χ4v) is 1.12. The van der Waals surface area contributed by atoms with Crippen LogP contribution in [0.25, 0.3) is 0 Å². The molecular formula is C7H6O4S. The van der Waals surface area contributed by atoms with E-state index in [2.05, 4.69) is 0 Å². The number of hydrogen-bond donors (Lipinski definition) is 2. The first kappa shape index (κ1) is 8.73. The third-order valence-corrected chi connectivity index (χ3v) is 2.04. The van der Waals surface area contributed by atoms with Gasteiger partial charge in [-0.15, -0.1) is 0 Å². The molecule has 0 aliphatic carbocycles. The van der Waals surface area contributed by atoms with Gasteiger partial charge < -0.3 is 5.11 Å². The Morgan fingerprint density at radius 1 is 1.17 bits per heavy atom. The van der Waals surface area contributed by atoms with Crippen LogP contribution in [0.15, 0.2) is 29.2 Å². The molecule has 0 saturated heterocycles. The Morgan fingerprint density at radius 2 is 1.67 bits per heavy atom. The van der Waals surface area contributed by atoms with Gasteiger partial charge in [0.2, 0.25) is 0 Å². The molecule has 0 atom stereocenters. The van der Waals surface area contributed by atoms with Crippen LogP contribution in [-0.4, -0.2) is 19.5 Å². The van der Waals surface area contributed by atoms with Gasteiger partial charge in [0.05, 0.1) is 10.5 Å². The van der Waals surface area contributed by atoms with Gasteiger partial charge in [0.1, 0.15) is 0 Å². The molecule has 0 radical (unpaired) electrons. The van der Waals surface area contributed by atoms with E-state index >= 15 is 0 Å². The SMILES string of the molecule is O=C(O)c1ccc([SH](=O)=O)cc1. The predicted octanol–water partition coefficient (Wildman–Crippen LogP) is 0.355. The fourth-order valence-electron chi connectivity index (χ4n) is 0.726. The monoisotopic (exact) mass is 186 g/mol. The molecule has 1 aromatic rings. The maximum absolute atomic E-state index is 10.4. The smallest absolute Gasteiger partial charge is 0.335 e. The summed E-state index contributed by atoms with van der Waals surface area (Å²) in [6.07, 6.45) is 0. The highest BCUT2D eigenvalue weighted by Gasteiger charge is 2.01. The van der Waals surface area contributed by atoms with Gasteiger partial charge in [-0.2, -0.15) is 0 Å². The van der Waals surface area contributed by atoms with Crippen molar-refractivity contribution in [3.63, 3.8) is 0 Å². The highest BCUT2D eigenvalue weighted by molar-refractivity contribution is 7.72. The van der Waals surface area contributed by atoms with E-state index in [1.54, 1.807) is 0 Å². The van der Waals surface area contributed by atoms with E-state index in [0.29, 0.717) is 0 Å². The van der Waals surface area contributed by atoms with Gasteiger partial charge in [0.15, 0.2) is 10.7 Å². The highest BCUT2D eigenvalue weighted by atomic mass is 32.2. The summed E-state index contributed by atoms with van der Waals surface area (Å²) in [6, 6.07) is 5.02. The van der Waals surface area contributed by atoms with Crippen molar-refractivity contribution in [3.05, 3.63) is 29.8 Å². The maximum atomic E-state index is 10.4. The topological polar surface area (TPSA) is 71.4 Å². The molecule has 12 heavy (non-hydrogen) atoms. The van der Waals surface area contributed by atoms with Crippen molar-refractivity contribution in [2.75, 3.05) is 0 Å². The standard InChI is InChI=1S/C7H6O4S/c8-7(9)5-1-3-6(4-2-5)12(10)11/h1-4,12H,(H,8,9). The Morgan fingerprint density at radius 3 is 2.00 bits per heavy atom. The van der Waals surface area contributed by atoms with Crippen molar-refractivity contribution in [3.8, 4) is 0 Å². The van der Waals surface area contributed by atoms with E-state index < -0.39 is 16.7 Å². The molecule has 1 aromatic carbocycles. The molecule has 0 amide bonds. The van der Waals surface area contributed by atoms with Crippen molar-refractivity contribution in [1.29, 1.82) is 0 Å². The second-order valence-corrected chi connectivity index (χ2v) is 3.14. The zero-order valence-electron chi connectivity index (χ0n) is 5.93. The van der Waals surface area contributed by atoms with Gasteiger partial charge in [-0.05, 0) is 24.3 Å². The van der Waals surface area contributed by atoms with Crippen LogP contribution >= 0.6 is 0 Å². The Bertz CT molecular complexity index is 355. The third kappa shape index (κ3) is 1.82. The summed E-state index contributed by atoms with van der Waals surface area (Å²) >= 11 is 0. The molecule has 0 heterocycles. The fraction of sp³-hybridized carbons (Fsp3) is 0. The van der Waals surface area contributed by atoms with Crippen LogP contribution in [0.1, 0.15) is 10.4 Å². The van der Waals surface area contributed by atoms with Gasteiger partial charge in [0, 0.05) is 0 Å². The molecule has 0 bridgehead atoms. The summed E-state index contributed by atoms with van der Waals surface area (Å²) < 4.78 is 20.7. The highest BCUT2D eigenvalue weighted by Crippen LogP contribution is 2.04. The molecule has 0 spiro atoms. The molecular weight excluding hydrogens is 180 g/mol. The normalized spacial score (nSPS) is 10.1. The van der Waals surface area contributed by atoms with Crippen LogP contribution in [0.2, 0.25) is 0 Å². The summed E-state index contributed by atoms with van der Waals surface area (Å²) in [5, 5.41) is 8.46. The molecule has 0 fully saturated rings. The van der Waals surface area contributed by atoms with Crippen LogP contribution < -0.4 is 0 Å². The van der Waals surface area contributed by atoms with Crippen LogP contribution in [0.5, 0.6) is 0 Å². The number of aromatic carboxylic acids is 1. The van der Waals surface area contributed by atoms with Gasteiger partial charge in [-0.1, -0.05) is 0 Å². The van der Waals surface area contributed by atoms with Crippen LogP contribution in [0.3, 0.4) is 0 Å². The number of hydrogen-bond acceptors (Lipinski definition) is 3. The number of carbonyl (C=O) groups is 1. The first-order valence-corrected chi connectivity index (χ1v) is 4.27. The van der Waals surface area contributed by atoms with E-state index in [9.17, 15) is 13.2 Å². The van der Waals surface area contributed by atoms with E-state index in [4.69, 9.17) is 5.11 Å². The lowest BCUT2D eigenvalue weighted by Gasteiger charge is -1.92. The largest absolute Gasteiger partial charge is 0.478 e. The molecule has 0 aromatic heterocycles. The molecule has 64 valence electrons. The lowest BCUT2D eigenvalue weighted by molar-refractivity contribution is 0.0697. The predicted molar refractivity (Wildman–Crippen MR) is 42.0 cm³/mol. The van der Waals surface area contributed by atoms with Crippen LogP contribution in [0, 0.1) is 0 Å². The van der Waals surface area contributed by atoms with Crippen LogP contribution in [0.4, 0.5) is 0 Å². The number of thiol groups is 1. The molecule has 4 nitrogen and oxygen atoms in total. The lowest BCUT2D eigenvalue weighted by Crippen LogP contribution is -1.95. The summed E-state index contributed by atoms with van der Waals surface area (Å²) in [5.74, 6) is -1.07. The molecule has 0 saturated carbocycles. The zero-order valence-corrected chi connectivity index (χ0v) is 6.82. The molecule has 5 heteroatoms. The van der Waals surface area contributed by atoms with Gasteiger partial charge >= 0.3 is 5.97 Å². The van der Waals surface area contributed by atoms with Crippen molar-refractivity contribution in [1.82, 2.24) is 0 Å². The Kier molecular flexibility index (Phi) is 2.44. The quantitative estimate of drug-likeness (QED) is 0.654. The summed E-state index contributed by atoms with van der Waals surface area (Å²) in [5.41, 5.74) is 0.0793. The molecule has 1 N–H and O–H groups in total. The van der Waals surface area contributed by atoms with Crippen molar-refractivity contribution < 1.29 is 18.3 Å². The summed E-state index contributed by atoms with van der Waals surface area (Å²) in [6.45, 7) is 0. The minimum Gasteiger partial charge on any atom is -0.478 e. The molecule has 1 rings (SSSR count). The maximum Gasteiger partial charge on any atom is 0.335 e. The lowest BCUT2D eigenvalue weighted by atomic mass is 10.2. The van der Waals surface area contributed by atoms with Crippen molar-refractivity contribution >= 4 is 16.7 Å². The second kappa shape index (κ2) is 3.36. The van der Waals surface area contributed by atoms with E-state index in [1.165, 1.54) is 24.3 Å². The summed E-state index contributed by atoms with van der Waals surface area (Å²) in [4.78, 5) is 10.5. The minimum atomic E-state index is -2.62. The average Bonchev–Trinajstić information content (AvgIpc) is 2.04. The second-order valence-electron chi connectivity index (χ2n) is 2.11. The van der Waals surface area contributed by atoms with Crippen LogP contribution in [-0.2, 0) is 10.7 Å². The average molecular weight is 186 g/mol.